The first-order valence-corrected chi connectivity index (χ1v) is 6.30. The summed E-state index contributed by atoms with van der Waals surface area (Å²) in [5, 5.41) is 10.2. The van der Waals surface area contributed by atoms with Crippen molar-refractivity contribution < 1.29 is 5.11 Å². The molecule has 0 spiro atoms. The molecule has 2 nitrogen and oxygen atoms in total. The van der Waals surface area contributed by atoms with Gasteiger partial charge in [-0.05, 0) is 63.2 Å². The summed E-state index contributed by atoms with van der Waals surface area (Å²) in [7, 11) is 0. The quantitative estimate of drug-likeness (QED) is 0.734. The Balaban J connectivity index is 2.09. The summed E-state index contributed by atoms with van der Waals surface area (Å²) in [5.41, 5.74) is 5.50. The lowest BCUT2D eigenvalue weighted by Gasteiger charge is -2.48. The molecule has 2 aliphatic carbocycles. The van der Waals surface area contributed by atoms with Crippen LogP contribution < -0.4 is 5.73 Å². The number of nitrogens with two attached hydrogens (primary N) is 1. The standard InChI is InChI=1S/C13H25NO/c1-7-5-11(13(3,4)15)10-6-9(8(2)14)12(7)10/h7-12,15H,5-6,14H2,1-4H3. The Hall–Kier alpha value is -0.0800. The second-order valence-corrected chi connectivity index (χ2v) is 6.47. The first-order chi connectivity index (χ1) is 6.82. The lowest BCUT2D eigenvalue weighted by atomic mass is 9.58. The maximum absolute atomic E-state index is 10.2. The van der Waals surface area contributed by atoms with Gasteiger partial charge in [-0.15, -0.1) is 0 Å². The summed E-state index contributed by atoms with van der Waals surface area (Å²) in [6.45, 7) is 8.39. The van der Waals surface area contributed by atoms with Crippen molar-refractivity contribution in [1.82, 2.24) is 0 Å². The van der Waals surface area contributed by atoms with E-state index in [0.29, 0.717) is 17.9 Å². The molecule has 2 rings (SSSR count). The average Bonchev–Trinajstić information content (AvgIpc) is 2.19. The van der Waals surface area contributed by atoms with Crippen LogP contribution in [0.4, 0.5) is 0 Å². The Morgan fingerprint density at radius 3 is 2.40 bits per heavy atom. The fourth-order valence-corrected chi connectivity index (χ4v) is 4.14. The number of hydrogen-bond donors (Lipinski definition) is 2. The zero-order valence-electron chi connectivity index (χ0n) is 10.4. The zero-order valence-corrected chi connectivity index (χ0v) is 10.4. The van der Waals surface area contributed by atoms with E-state index in [4.69, 9.17) is 5.73 Å². The number of aliphatic hydroxyl groups is 1. The van der Waals surface area contributed by atoms with Gasteiger partial charge in [0.25, 0.3) is 0 Å². The molecule has 3 N–H and O–H groups in total. The number of hydrogen-bond acceptors (Lipinski definition) is 2. The van der Waals surface area contributed by atoms with E-state index in [9.17, 15) is 5.11 Å². The summed E-state index contributed by atoms with van der Waals surface area (Å²) in [5.74, 6) is 3.46. The van der Waals surface area contributed by atoms with E-state index in [0.717, 1.165) is 17.8 Å². The van der Waals surface area contributed by atoms with E-state index >= 15 is 0 Å². The molecule has 2 aliphatic rings. The normalized spacial score (nSPS) is 47.2. The summed E-state index contributed by atoms with van der Waals surface area (Å²) in [6.07, 6.45) is 2.42. The molecule has 2 heteroatoms. The van der Waals surface area contributed by atoms with Crippen LogP contribution in [-0.4, -0.2) is 16.7 Å². The largest absolute Gasteiger partial charge is 0.390 e. The predicted octanol–water partition coefficient (Wildman–Crippen LogP) is 2.01. The van der Waals surface area contributed by atoms with E-state index in [-0.39, 0.29) is 0 Å². The van der Waals surface area contributed by atoms with Gasteiger partial charge in [0.2, 0.25) is 0 Å². The molecule has 2 saturated carbocycles. The molecule has 6 atom stereocenters. The highest BCUT2D eigenvalue weighted by molar-refractivity contribution is 5.06. The lowest BCUT2D eigenvalue weighted by molar-refractivity contribution is -0.0482. The van der Waals surface area contributed by atoms with E-state index in [1.54, 1.807) is 0 Å². The average molecular weight is 211 g/mol. The fourth-order valence-electron chi connectivity index (χ4n) is 4.14. The molecule has 6 unspecified atom stereocenters. The van der Waals surface area contributed by atoms with Crippen LogP contribution in [-0.2, 0) is 0 Å². The van der Waals surface area contributed by atoms with E-state index in [1.807, 2.05) is 13.8 Å². The second-order valence-electron chi connectivity index (χ2n) is 6.47. The van der Waals surface area contributed by atoms with Crippen LogP contribution in [0.15, 0.2) is 0 Å². The monoisotopic (exact) mass is 211 g/mol. The minimum Gasteiger partial charge on any atom is -0.390 e. The van der Waals surface area contributed by atoms with Crippen LogP contribution in [0.5, 0.6) is 0 Å². The molecule has 0 aliphatic heterocycles. The van der Waals surface area contributed by atoms with Crippen molar-refractivity contribution in [3.63, 3.8) is 0 Å². The summed E-state index contributed by atoms with van der Waals surface area (Å²) in [4.78, 5) is 0. The van der Waals surface area contributed by atoms with Crippen LogP contribution in [0.1, 0.15) is 40.5 Å². The van der Waals surface area contributed by atoms with Crippen LogP contribution in [0.25, 0.3) is 0 Å². The highest BCUT2D eigenvalue weighted by Gasteiger charge is 2.56. The van der Waals surface area contributed by atoms with E-state index < -0.39 is 5.60 Å². The zero-order chi connectivity index (χ0) is 11.4. The van der Waals surface area contributed by atoms with Crippen molar-refractivity contribution in [2.75, 3.05) is 0 Å². The summed E-state index contributed by atoms with van der Waals surface area (Å²) in [6, 6.07) is 0.328. The van der Waals surface area contributed by atoms with Crippen molar-refractivity contribution in [2.24, 2.45) is 35.3 Å². The minimum atomic E-state index is -0.503. The van der Waals surface area contributed by atoms with Crippen molar-refractivity contribution in [3.8, 4) is 0 Å². The van der Waals surface area contributed by atoms with Gasteiger partial charge in [-0.2, -0.15) is 0 Å². The molecule has 2 fully saturated rings. The Morgan fingerprint density at radius 1 is 1.33 bits per heavy atom. The molecule has 0 aromatic heterocycles. The SMILES string of the molecule is CC(N)C1CC2C1C(C)CC2C(C)(C)O. The number of rotatable bonds is 2. The summed E-state index contributed by atoms with van der Waals surface area (Å²) < 4.78 is 0. The highest BCUT2D eigenvalue weighted by Crippen LogP contribution is 2.59. The van der Waals surface area contributed by atoms with Gasteiger partial charge in [-0.3, -0.25) is 0 Å². The van der Waals surface area contributed by atoms with Gasteiger partial charge in [-0.25, -0.2) is 0 Å². The van der Waals surface area contributed by atoms with Gasteiger partial charge >= 0.3 is 0 Å². The van der Waals surface area contributed by atoms with Crippen LogP contribution in [0.2, 0.25) is 0 Å². The highest BCUT2D eigenvalue weighted by atomic mass is 16.3. The smallest absolute Gasteiger partial charge is 0.0622 e. The Kier molecular flexibility index (Phi) is 2.63. The first kappa shape index (κ1) is 11.4. The Bertz CT molecular complexity index is 243. The van der Waals surface area contributed by atoms with Crippen molar-refractivity contribution in [3.05, 3.63) is 0 Å². The Morgan fingerprint density at radius 2 is 1.93 bits per heavy atom. The van der Waals surface area contributed by atoms with Crippen molar-refractivity contribution >= 4 is 0 Å². The maximum Gasteiger partial charge on any atom is 0.0622 e. The predicted molar refractivity (Wildman–Crippen MR) is 62.3 cm³/mol. The van der Waals surface area contributed by atoms with E-state index in [1.165, 1.54) is 12.8 Å². The molecule has 0 saturated heterocycles. The molecule has 0 radical (unpaired) electrons. The number of fused-ring (bicyclic) bond motifs is 1. The molecule has 0 bridgehead atoms. The molecule has 0 heterocycles. The molecule has 15 heavy (non-hydrogen) atoms. The van der Waals surface area contributed by atoms with Gasteiger partial charge in [0, 0.05) is 6.04 Å². The summed E-state index contributed by atoms with van der Waals surface area (Å²) >= 11 is 0. The third-order valence-corrected chi connectivity index (χ3v) is 4.92. The first-order valence-electron chi connectivity index (χ1n) is 6.30. The molecule has 0 aromatic carbocycles. The van der Waals surface area contributed by atoms with Gasteiger partial charge in [0.05, 0.1) is 5.60 Å². The molecule has 0 amide bonds. The van der Waals surface area contributed by atoms with E-state index in [2.05, 4.69) is 13.8 Å². The Labute approximate surface area is 93.2 Å². The van der Waals surface area contributed by atoms with Crippen molar-refractivity contribution in [1.29, 1.82) is 0 Å². The van der Waals surface area contributed by atoms with Gasteiger partial charge in [0.15, 0.2) is 0 Å². The lowest BCUT2D eigenvalue weighted by Crippen LogP contribution is -2.49. The molecular weight excluding hydrogens is 186 g/mol. The third kappa shape index (κ3) is 1.72. The molecule has 0 aromatic rings. The minimum absolute atomic E-state index is 0.328. The van der Waals surface area contributed by atoms with Gasteiger partial charge in [-0.1, -0.05) is 6.92 Å². The van der Waals surface area contributed by atoms with Gasteiger partial charge < -0.3 is 10.8 Å². The van der Waals surface area contributed by atoms with Crippen LogP contribution in [0, 0.1) is 29.6 Å². The maximum atomic E-state index is 10.2. The third-order valence-electron chi connectivity index (χ3n) is 4.92. The molecular formula is C13H25NO. The van der Waals surface area contributed by atoms with Crippen molar-refractivity contribution in [2.45, 2.75) is 52.2 Å². The van der Waals surface area contributed by atoms with Gasteiger partial charge in [0.1, 0.15) is 0 Å². The second kappa shape index (κ2) is 3.46. The van der Waals surface area contributed by atoms with Crippen LogP contribution in [0.3, 0.4) is 0 Å². The molecule has 88 valence electrons. The van der Waals surface area contributed by atoms with Crippen LogP contribution >= 0.6 is 0 Å². The topological polar surface area (TPSA) is 46.2 Å². The fraction of sp³-hybridized carbons (Fsp3) is 1.00.